The van der Waals surface area contributed by atoms with Gasteiger partial charge in [0.1, 0.15) is 4.60 Å². The third kappa shape index (κ3) is 1.89. The molecule has 0 bridgehead atoms. The average molecular weight is 290 g/mol. The van der Waals surface area contributed by atoms with Gasteiger partial charge in [-0.1, -0.05) is 0 Å². The van der Waals surface area contributed by atoms with Crippen molar-refractivity contribution in [2.45, 2.75) is 26.2 Å². The van der Waals surface area contributed by atoms with Crippen LogP contribution in [-0.2, 0) is 4.79 Å². The van der Waals surface area contributed by atoms with Gasteiger partial charge in [-0.25, -0.2) is 9.97 Å². The molecule has 5 nitrogen and oxygen atoms in total. The first kappa shape index (κ1) is 6.54. The van der Waals surface area contributed by atoms with Crippen LogP contribution in [0.1, 0.15) is 27.6 Å². The van der Waals surface area contributed by atoms with Gasteiger partial charge < -0.3 is 5.32 Å². The van der Waals surface area contributed by atoms with Gasteiger partial charge in [0.25, 0.3) is 0 Å². The third-order valence-electron chi connectivity index (χ3n) is 1.99. The van der Waals surface area contributed by atoms with Gasteiger partial charge in [0, 0.05) is 9.65 Å². The largest absolute Gasteiger partial charge is 0.358 e. The molecule has 0 radical (unpaired) electrons. The Morgan fingerprint density at radius 1 is 1.75 bits per heavy atom. The topological polar surface area (TPSA) is 58.1 Å². The van der Waals surface area contributed by atoms with Gasteiger partial charge in [-0.15, -0.1) is 0 Å². The summed E-state index contributed by atoms with van der Waals surface area (Å²) < 4.78 is 38.6. The van der Waals surface area contributed by atoms with Crippen LogP contribution in [0.5, 0.6) is 0 Å². The second-order valence-corrected chi connectivity index (χ2v) is 4.63. The Hall–Kier alpha value is -1.17. The van der Waals surface area contributed by atoms with Crippen molar-refractivity contribution in [1.82, 2.24) is 9.97 Å². The quantitative estimate of drug-likeness (QED) is 0.791. The van der Waals surface area contributed by atoms with Crippen LogP contribution in [0.15, 0.2) is 10.8 Å². The van der Waals surface area contributed by atoms with Crippen LogP contribution in [0.3, 0.4) is 0 Å². The van der Waals surface area contributed by atoms with Crippen molar-refractivity contribution in [1.29, 1.82) is 0 Å². The van der Waals surface area contributed by atoms with E-state index in [4.69, 9.17) is 6.85 Å². The predicted octanol–water partition coefficient (Wildman–Crippen LogP) is 1.80. The Morgan fingerprint density at radius 3 is 3.19 bits per heavy atom. The predicted molar refractivity (Wildman–Crippen MR) is 65.5 cm³/mol. The highest BCUT2D eigenvalue weighted by molar-refractivity contribution is 9.10. The van der Waals surface area contributed by atoms with Crippen molar-refractivity contribution in [3.8, 4) is 0 Å². The molecule has 86 valence electrons. The highest BCUT2D eigenvalue weighted by Gasteiger charge is 2.34. The number of amides is 1. The van der Waals surface area contributed by atoms with E-state index in [0.29, 0.717) is 4.60 Å². The molecule has 1 aliphatic rings. The maximum atomic E-state index is 12.4. The van der Waals surface area contributed by atoms with Crippen LogP contribution in [0.25, 0.3) is 0 Å². The van der Waals surface area contributed by atoms with E-state index >= 15 is 0 Å². The molecule has 2 heterocycles. The zero-order valence-corrected chi connectivity index (χ0v) is 10.3. The van der Waals surface area contributed by atoms with Crippen molar-refractivity contribution in [3.05, 3.63) is 10.8 Å². The number of rotatable bonds is 0. The number of halogens is 1. The van der Waals surface area contributed by atoms with Crippen LogP contribution < -0.4 is 10.2 Å². The second-order valence-electron chi connectivity index (χ2n) is 3.81. The fraction of sp³-hybridized carbons (Fsp3) is 0.500. The molecule has 1 N–H and O–H groups in total. The van der Waals surface area contributed by atoms with E-state index in [1.54, 1.807) is 0 Å². The fourth-order valence-corrected chi connectivity index (χ4v) is 1.66. The molecule has 0 atom stereocenters. The third-order valence-corrected chi connectivity index (χ3v) is 2.37. The molecule has 6 heteroatoms. The van der Waals surface area contributed by atoms with E-state index in [1.807, 2.05) is 0 Å². The molecular formula is C10H13BrN4O. The number of nitrogens with zero attached hydrogens (tertiary/aromatic N) is 3. The Morgan fingerprint density at radius 2 is 2.50 bits per heavy atom. The van der Waals surface area contributed by atoms with E-state index in [-0.39, 0.29) is 11.6 Å². The second kappa shape index (κ2) is 3.69. The first-order chi connectivity index (χ1) is 9.38. The van der Waals surface area contributed by atoms with Crippen LogP contribution in [-0.4, -0.2) is 27.9 Å². The minimum atomic E-state index is -2.53. The molecule has 0 saturated carbocycles. The maximum Gasteiger partial charge on any atom is 0.248 e. The lowest BCUT2D eigenvalue weighted by molar-refractivity contribution is -0.118. The summed E-state index contributed by atoms with van der Waals surface area (Å²) in [6, 6.07) is 0. The smallest absolute Gasteiger partial charge is 0.248 e. The first-order valence-electron chi connectivity index (χ1n) is 7.03. The van der Waals surface area contributed by atoms with Gasteiger partial charge >= 0.3 is 0 Å². The number of anilines is 2. The van der Waals surface area contributed by atoms with Crippen LogP contribution in [0.4, 0.5) is 11.6 Å². The number of nitrogens with one attached hydrogen (secondary N) is 1. The van der Waals surface area contributed by atoms with Gasteiger partial charge in [0.15, 0.2) is 11.6 Å². The summed E-state index contributed by atoms with van der Waals surface area (Å²) >= 11 is 3.11. The number of hydrogen-bond acceptors (Lipinski definition) is 4. The van der Waals surface area contributed by atoms with Gasteiger partial charge in [-0.3, -0.25) is 9.69 Å². The van der Waals surface area contributed by atoms with E-state index in [2.05, 4.69) is 31.2 Å². The molecular weight excluding hydrogens is 272 g/mol. The van der Waals surface area contributed by atoms with Crippen molar-refractivity contribution in [3.63, 3.8) is 0 Å². The Balaban J connectivity index is 2.69. The van der Waals surface area contributed by atoms with E-state index < -0.39 is 24.8 Å². The van der Waals surface area contributed by atoms with Crippen molar-refractivity contribution >= 4 is 33.5 Å². The van der Waals surface area contributed by atoms with Crippen molar-refractivity contribution in [2.75, 3.05) is 16.7 Å². The van der Waals surface area contributed by atoms with E-state index in [9.17, 15) is 4.79 Å². The van der Waals surface area contributed by atoms with E-state index in [0.717, 1.165) is 4.90 Å². The van der Waals surface area contributed by atoms with Gasteiger partial charge in [-0.05, 0) is 36.6 Å². The fourth-order valence-electron chi connectivity index (χ4n) is 1.39. The van der Waals surface area contributed by atoms with Crippen LogP contribution in [0.2, 0.25) is 0 Å². The molecule has 1 aromatic heterocycles. The Bertz CT molecular complexity index is 604. The normalized spacial score (nSPS) is 24.3. The Labute approximate surface area is 109 Å². The molecule has 0 aromatic carbocycles. The zero-order valence-electron chi connectivity index (χ0n) is 13.7. The highest BCUT2D eigenvalue weighted by Crippen LogP contribution is 2.31. The van der Waals surface area contributed by atoms with E-state index in [1.165, 1.54) is 20.0 Å². The first-order valence-corrected chi connectivity index (χ1v) is 5.32. The van der Waals surface area contributed by atoms with Gasteiger partial charge in [0.05, 0.1) is 15.4 Å². The molecule has 1 aromatic rings. The number of aromatic nitrogens is 2. The monoisotopic (exact) mass is 289 g/mol. The summed E-state index contributed by atoms with van der Waals surface area (Å²) in [5, 5.41) is 2.33. The summed E-state index contributed by atoms with van der Waals surface area (Å²) in [6.07, 6.45) is 1.33. The molecule has 0 aliphatic carbocycles. The number of fused-ring (bicyclic) bond motifs is 1. The summed E-state index contributed by atoms with van der Waals surface area (Å²) in [5.41, 5.74) is -1.65. The molecule has 16 heavy (non-hydrogen) atoms. The lowest BCUT2D eigenvalue weighted by Crippen LogP contribution is -2.51. The Kier molecular flexibility index (Phi) is 1.51. The summed E-state index contributed by atoms with van der Waals surface area (Å²) in [6.45, 7) is -2.31. The lowest BCUT2D eigenvalue weighted by atomic mass is 10.1. The standard InChI is InChI=1S/C10H13BrN4O/c1-10(2,3)15-7(16)5-13-8-9(15)14-6(11)4-12-8/h4H,5H2,1-3H3,(H,12,13)/i1D3,5D2. The summed E-state index contributed by atoms with van der Waals surface area (Å²) in [5.74, 6) is -1.03. The zero-order chi connectivity index (χ0) is 16.2. The van der Waals surface area contributed by atoms with Crippen LogP contribution >= 0.6 is 15.9 Å². The SMILES string of the molecule is [2H]C1([2H])Nc2ncc(Br)nc2N(C(C)(C)C([2H])([2H])[2H])C1=O. The molecule has 1 amide bonds. The molecule has 0 spiro atoms. The molecule has 1 aliphatic heterocycles. The van der Waals surface area contributed by atoms with Crippen molar-refractivity contribution < 1.29 is 11.6 Å². The molecule has 2 rings (SSSR count). The average Bonchev–Trinajstić information content (AvgIpc) is 2.29. The molecule has 0 unspecified atom stereocenters. The highest BCUT2D eigenvalue weighted by atomic mass is 79.9. The molecule has 0 saturated heterocycles. The number of carbonyl (C=O) groups is 1. The van der Waals surface area contributed by atoms with Gasteiger partial charge in [0.2, 0.25) is 5.91 Å². The lowest BCUT2D eigenvalue weighted by Gasteiger charge is -2.38. The minimum Gasteiger partial charge on any atom is -0.358 e. The van der Waals surface area contributed by atoms with Gasteiger partial charge in [-0.2, -0.15) is 0 Å². The summed E-state index contributed by atoms with van der Waals surface area (Å²) in [4.78, 5) is 21.2. The minimum absolute atomic E-state index is 0.0140. The maximum absolute atomic E-state index is 12.4. The molecule has 0 fully saturated rings. The number of hydrogen-bond donors (Lipinski definition) is 1. The van der Waals surface area contributed by atoms with Crippen LogP contribution in [0, 0.1) is 0 Å². The van der Waals surface area contributed by atoms with Crippen molar-refractivity contribution in [2.24, 2.45) is 0 Å². The summed E-state index contributed by atoms with van der Waals surface area (Å²) in [7, 11) is 0. The number of carbonyl (C=O) groups excluding carboxylic acids is 1.